The molecule has 4 aromatic rings. The Balaban J connectivity index is 1.42. The van der Waals surface area contributed by atoms with Crippen LogP contribution in [0.1, 0.15) is 5.56 Å². The second kappa shape index (κ2) is 9.57. The van der Waals surface area contributed by atoms with Gasteiger partial charge in [0.1, 0.15) is 0 Å². The summed E-state index contributed by atoms with van der Waals surface area (Å²) in [6, 6.07) is 18.8. The number of aryl methyl sites for hydroxylation is 1. The largest absolute Gasteiger partial charge is 0.324 e. The maximum atomic E-state index is 13.3. The zero-order valence-electron chi connectivity index (χ0n) is 19.7. The summed E-state index contributed by atoms with van der Waals surface area (Å²) in [6.07, 6.45) is 3.40. The number of nitrogens with zero attached hydrogens (tertiary/aromatic N) is 6. The van der Waals surface area contributed by atoms with Crippen LogP contribution in [0.4, 0.5) is 11.6 Å². The Morgan fingerprint density at radius 1 is 0.914 bits per heavy atom. The lowest BCUT2D eigenvalue weighted by molar-refractivity contribution is 0.222. The molecule has 1 aliphatic heterocycles. The lowest BCUT2D eigenvalue weighted by Crippen LogP contribution is -2.47. The molecule has 0 radical (unpaired) electrons. The molecular formula is C25H27N7O2S. The van der Waals surface area contributed by atoms with Crippen LogP contribution in [0.2, 0.25) is 0 Å². The normalized spacial score (nSPS) is 15.3. The lowest BCUT2D eigenvalue weighted by atomic mass is 10.2. The molecule has 1 N–H and O–H groups in total. The molecule has 1 fully saturated rings. The number of sulfonamides is 1. The van der Waals surface area contributed by atoms with Crippen LogP contribution in [0.15, 0.2) is 78.0 Å². The molecular weight excluding hydrogens is 462 g/mol. The predicted molar refractivity (Wildman–Crippen MR) is 135 cm³/mol. The fraction of sp³-hybridized carbons (Fsp3) is 0.240. The number of likely N-dealkylation sites (N-methyl/N-ethyl adjacent to an activating group) is 1. The smallest absolute Gasteiger partial charge is 0.243 e. The first kappa shape index (κ1) is 23.2. The van der Waals surface area contributed by atoms with Crippen molar-refractivity contribution in [3.05, 3.63) is 78.6 Å². The van der Waals surface area contributed by atoms with Crippen molar-refractivity contribution in [3.8, 4) is 17.1 Å². The molecule has 0 aliphatic carbocycles. The summed E-state index contributed by atoms with van der Waals surface area (Å²) in [5, 5.41) is 7.62. The SMILES string of the molecule is Cc1cc(Nc2nccc(-c3ccnn3-c3ccccc3)n2)cc(S(=O)(=O)N2CCN(C)CC2)c1. The van der Waals surface area contributed by atoms with Crippen LogP contribution in [-0.4, -0.2) is 70.6 Å². The van der Waals surface area contributed by atoms with Gasteiger partial charge in [-0.1, -0.05) is 18.2 Å². The van der Waals surface area contributed by atoms with Crippen molar-refractivity contribution in [1.29, 1.82) is 0 Å². The van der Waals surface area contributed by atoms with E-state index >= 15 is 0 Å². The summed E-state index contributed by atoms with van der Waals surface area (Å²) < 4.78 is 29.9. The third-order valence-electron chi connectivity index (χ3n) is 5.97. The van der Waals surface area contributed by atoms with Gasteiger partial charge in [0.25, 0.3) is 0 Å². The maximum Gasteiger partial charge on any atom is 0.243 e. The summed E-state index contributed by atoms with van der Waals surface area (Å²) in [7, 11) is -1.59. The standard InChI is InChI=1S/C25H27N7O2S/c1-19-16-20(18-22(17-19)35(33,34)31-14-12-30(2)13-15-31)28-25-26-10-8-23(29-25)24-9-11-27-32(24)21-6-4-3-5-7-21/h3-11,16-18H,12-15H2,1-2H3,(H,26,28,29). The van der Waals surface area contributed by atoms with Crippen molar-refractivity contribution in [2.24, 2.45) is 0 Å². The topological polar surface area (TPSA) is 96.2 Å². The van der Waals surface area contributed by atoms with Crippen LogP contribution in [0, 0.1) is 6.92 Å². The summed E-state index contributed by atoms with van der Waals surface area (Å²) in [4.78, 5) is 11.4. The lowest BCUT2D eigenvalue weighted by Gasteiger charge is -2.31. The number of nitrogens with one attached hydrogen (secondary N) is 1. The van der Waals surface area contributed by atoms with Crippen LogP contribution in [0.25, 0.3) is 17.1 Å². The first-order chi connectivity index (χ1) is 16.9. The molecule has 0 unspecified atom stereocenters. The quantitative estimate of drug-likeness (QED) is 0.444. The van der Waals surface area contributed by atoms with E-state index in [1.807, 2.05) is 67.2 Å². The predicted octanol–water partition coefficient (Wildman–Crippen LogP) is 3.32. The van der Waals surface area contributed by atoms with Gasteiger partial charge in [0.15, 0.2) is 0 Å². The van der Waals surface area contributed by atoms with E-state index in [-0.39, 0.29) is 4.90 Å². The molecule has 180 valence electrons. The van der Waals surface area contributed by atoms with Crippen molar-refractivity contribution in [2.45, 2.75) is 11.8 Å². The summed E-state index contributed by atoms with van der Waals surface area (Å²) in [5.74, 6) is 0.372. The Bertz CT molecular complexity index is 1430. The van der Waals surface area contributed by atoms with Crippen LogP contribution in [0.3, 0.4) is 0 Å². The maximum absolute atomic E-state index is 13.3. The van der Waals surface area contributed by atoms with E-state index in [9.17, 15) is 8.42 Å². The molecule has 2 aromatic carbocycles. The average Bonchev–Trinajstić information content (AvgIpc) is 3.35. The van der Waals surface area contributed by atoms with Gasteiger partial charge in [-0.2, -0.15) is 9.40 Å². The van der Waals surface area contributed by atoms with E-state index in [1.54, 1.807) is 28.8 Å². The summed E-state index contributed by atoms with van der Waals surface area (Å²) in [5.41, 5.74) is 3.90. The van der Waals surface area contributed by atoms with Crippen molar-refractivity contribution in [1.82, 2.24) is 29.0 Å². The van der Waals surface area contributed by atoms with Crippen LogP contribution in [-0.2, 0) is 10.0 Å². The van der Waals surface area contributed by atoms with Gasteiger partial charge in [-0.05, 0) is 62.0 Å². The Hall–Kier alpha value is -3.60. The molecule has 9 nitrogen and oxygen atoms in total. The average molecular weight is 490 g/mol. The molecule has 0 spiro atoms. The van der Waals surface area contributed by atoms with Crippen LogP contribution in [0.5, 0.6) is 0 Å². The number of hydrogen-bond acceptors (Lipinski definition) is 7. The van der Waals surface area contributed by atoms with E-state index < -0.39 is 10.0 Å². The van der Waals surface area contributed by atoms with Gasteiger partial charge in [0.05, 0.1) is 28.2 Å². The van der Waals surface area contributed by atoms with Gasteiger partial charge >= 0.3 is 0 Å². The Morgan fingerprint density at radius 3 is 2.46 bits per heavy atom. The minimum atomic E-state index is -3.59. The van der Waals surface area contributed by atoms with Crippen molar-refractivity contribution < 1.29 is 8.42 Å². The van der Waals surface area contributed by atoms with Crippen molar-refractivity contribution >= 4 is 21.7 Å². The fourth-order valence-corrected chi connectivity index (χ4v) is 5.66. The zero-order chi connectivity index (χ0) is 24.4. The minimum absolute atomic E-state index is 0.267. The Labute approximate surface area is 205 Å². The van der Waals surface area contributed by atoms with E-state index in [2.05, 4.69) is 25.3 Å². The molecule has 35 heavy (non-hydrogen) atoms. The monoisotopic (exact) mass is 489 g/mol. The number of piperazine rings is 1. The number of rotatable bonds is 6. The number of aromatic nitrogens is 4. The second-order valence-electron chi connectivity index (χ2n) is 8.60. The molecule has 0 bridgehead atoms. The highest BCUT2D eigenvalue weighted by molar-refractivity contribution is 7.89. The first-order valence-corrected chi connectivity index (χ1v) is 12.8. The van der Waals surface area contributed by atoms with Gasteiger partial charge in [-0.15, -0.1) is 0 Å². The van der Waals surface area contributed by atoms with Crippen LogP contribution < -0.4 is 5.32 Å². The molecule has 2 aromatic heterocycles. The van der Waals surface area contributed by atoms with E-state index in [4.69, 9.17) is 0 Å². The first-order valence-electron chi connectivity index (χ1n) is 11.4. The van der Waals surface area contributed by atoms with Gasteiger partial charge < -0.3 is 10.2 Å². The number of benzene rings is 2. The Kier molecular flexibility index (Phi) is 6.33. The van der Waals surface area contributed by atoms with Gasteiger partial charge in [0, 0.05) is 38.1 Å². The third kappa shape index (κ3) is 4.95. The second-order valence-corrected chi connectivity index (χ2v) is 10.5. The van der Waals surface area contributed by atoms with Gasteiger partial charge in [-0.25, -0.2) is 23.1 Å². The highest BCUT2D eigenvalue weighted by atomic mass is 32.2. The molecule has 1 saturated heterocycles. The number of hydrogen-bond donors (Lipinski definition) is 1. The van der Waals surface area contributed by atoms with E-state index in [1.165, 1.54) is 0 Å². The van der Waals surface area contributed by atoms with Gasteiger partial charge in [-0.3, -0.25) is 0 Å². The summed E-state index contributed by atoms with van der Waals surface area (Å²) in [6.45, 7) is 4.28. The number of para-hydroxylation sites is 1. The molecule has 1 aliphatic rings. The molecule has 5 rings (SSSR count). The molecule has 10 heteroatoms. The fourth-order valence-electron chi connectivity index (χ4n) is 4.11. The minimum Gasteiger partial charge on any atom is -0.324 e. The Morgan fingerprint density at radius 2 is 1.69 bits per heavy atom. The summed E-state index contributed by atoms with van der Waals surface area (Å²) >= 11 is 0. The van der Waals surface area contributed by atoms with Crippen molar-refractivity contribution in [3.63, 3.8) is 0 Å². The number of anilines is 2. The van der Waals surface area contributed by atoms with Crippen molar-refractivity contribution in [2.75, 3.05) is 38.5 Å². The zero-order valence-corrected chi connectivity index (χ0v) is 20.5. The van der Waals surface area contributed by atoms with E-state index in [0.29, 0.717) is 30.4 Å². The van der Waals surface area contributed by atoms with E-state index in [0.717, 1.165) is 30.0 Å². The van der Waals surface area contributed by atoms with Gasteiger partial charge in [0.2, 0.25) is 16.0 Å². The molecule has 0 saturated carbocycles. The third-order valence-corrected chi connectivity index (χ3v) is 7.84. The molecule has 0 atom stereocenters. The highest BCUT2D eigenvalue weighted by Crippen LogP contribution is 2.26. The molecule has 3 heterocycles. The molecule has 0 amide bonds. The van der Waals surface area contributed by atoms with Crippen LogP contribution >= 0.6 is 0 Å². The highest BCUT2D eigenvalue weighted by Gasteiger charge is 2.28.